The number of halogens is 1. The van der Waals surface area contributed by atoms with Gasteiger partial charge in [0.05, 0.1) is 7.11 Å². The SMILES string of the molecule is COc1cc(C(C)C)c(Cl)cc1C(N)CCC(=O)O. The van der Waals surface area contributed by atoms with Crippen LogP contribution in [-0.4, -0.2) is 18.2 Å². The van der Waals surface area contributed by atoms with Gasteiger partial charge in [-0.15, -0.1) is 0 Å². The van der Waals surface area contributed by atoms with Crippen LogP contribution in [0.2, 0.25) is 5.02 Å². The lowest BCUT2D eigenvalue weighted by Crippen LogP contribution is -2.14. The van der Waals surface area contributed by atoms with E-state index in [0.717, 1.165) is 11.1 Å². The quantitative estimate of drug-likeness (QED) is 0.841. The smallest absolute Gasteiger partial charge is 0.303 e. The Hall–Kier alpha value is -1.26. The Morgan fingerprint density at radius 2 is 2.05 bits per heavy atom. The van der Waals surface area contributed by atoms with Crippen molar-refractivity contribution >= 4 is 17.6 Å². The lowest BCUT2D eigenvalue weighted by Gasteiger charge is -2.18. The third-order valence-corrected chi connectivity index (χ3v) is 3.37. The molecular weight excluding hydrogens is 266 g/mol. The maximum Gasteiger partial charge on any atom is 0.303 e. The maximum absolute atomic E-state index is 10.6. The van der Waals surface area contributed by atoms with E-state index in [-0.39, 0.29) is 12.3 Å². The molecule has 1 aromatic rings. The van der Waals surface area contributed by atoms with E-state index < -0.39 is 12.0 Å². The van der Waals surface area contributed by atoms with E-state index in [2.05, 4.69) is 0 Å². The van der Waals surface area contributed by atoms with Gasteiger partial charge in [0.1, 0.15) is 5.75 Å². The van der Waals surface area contributed by atoms with E-state index in [9.17, 15) is 4.79 Å². The molecule has 1 unspecified atom stereocenters. The Morgan fingerprint density at radius 1 is 1.42 bits per heavy atom. The summed E-state index contributed by atoms with van der Waals surface area (Å²) in [4.78, 5) is 10.6. The molecule has 0 saturated carbocycles. The highest BCUT2D eigenvalue weighted by Gasteiger charge is 2.17. The molecule has 1 aromatic carbocycles. The molecule has 0 amide bonds. The molecule has 106 valence electrons. The lowest BCUT2D eigenvalue weighted by molar-refractivity contribution is -0.137. The summed E-state index contributed by atoms with van der Waals surface area (Å²) >= 11 is 6.23. The topological polar surface area (TPSA) is 72.5 Å². The number of carboxylic acid groups (broad SMARTS) is 1. The first-order valence-electron chi connectivity index (χ1n) is 6.21. The van der Waals surface area contributed by atoms with Gasteiger partial charge in [-0.25, -0.2) is 0 Å². The van der Waals surface area contributed by atoms with Crippen LogP contribution in [0, 0.1) is 0 Å². The van der Waals surface area contributed by atoms with Gasteiger partial charge in [0.2, 0.25) is 0 Å². The fraction of sp³-hybridized carbons (Fsp3) is 0.500. The molecule has 0 aliphatic heterocycles. The molecule has 0 saturated heterocycles. The Labute approximate surface area is 118 Å². The molecule has 4 nitrogen and oxygen atoms in total. The van der Waals surface area contributed by atoms with E-state index >= 15 is 0 Å². The second-order valence-electron chi connectivity index (χ2n) is 4.81. The van der Waals surface area contributed by atoms with Crippen LogP contribution in [0.1, 0.15) is 49.8 Å². The largest absolute Gasteiger partial charge is 0.496 e. The highest BCUT2D eigenvalue weighted by molar-refractivity contribution is 6.31. The molecule has 0 fully saturated rings. The number of methoxy groups -OCH3 is 1. The zero-order valence-electron chi connectivity index (χ0n) is 11.4. The average Bonchev–Trinajstić information content (AvgIpc) is 2.35. The minimum absolute atomic E-state index is 0.0217. The van der Waals surface area contributed by atoms with E-state index in [0.29, 0.717) is 17.2 Å². The number of aliphatic carboxylic acids is 1. The Balaban J connectivity index is 3.06. The van der Waals surface area contributed by atoms with Crippen molar-refractivity contribution in [3.63, 3.8) is 0 Å². The number of hydrogen-bond donors (Lipinski definition) is 2. The summed E-state index contributed by atoms with van der Waals surface area (Å²) in [5, 5.41) is 9.33. The molecule has 0 aliphatic rings. The molecule has 1 atom stereocenters. The molecule has 0 radical (unpaired) electrons. The highest BCUT2D eigenvalue weighted by atomic mass is 35.5. The van der Waals surface area contributed by atoms with Gasteiger partial charge in [0.25, 0.3) is 0 Å². The van der Waals surface area contributed by atoms with Gasteiger partial charge in [0, 0.05) is 23.0 Å². The van der Waals surface area contributed by atoms with Crippen LogP contribution in [0.15, 0.2) is 12.1 Å². The van der Waals surface area contributed by atoms with Gasteiger partial charge >= 0.3 is 5.97 Å². The van der Waals surface area contributed by atoms with Gasteiger partial charge in [-0.1, -0.05) is 25.4 Å². The fourth-order valence-electron chi connectivity index (χ4n) is 1.93. The number of ether oxygens (including phenoxy) is 1. The van der Waals surface area contributed by atoms with Crippen LogP contribution < -0.4 is 10.5 Å². The summed E-state index contributed by atoms with van der Waals surface area (Å²) in [6.07, 6.45) is 0.372. The molecule has 0 spiro atoms. The zero-order chi connectivity index (χ0) is 14.6. The van der Waals surface area contributed by atoms with Crippen molar-refractivity contribution in [2.24, 2.45) is 5.73 Å². The molecule has 5 heteroatoms. The third kappa shape index (κ3) is 4.11. The Morgan fingerprint density at radius 3 is 2.53 bits per heavy atom. The van der Waals surface area contributed by atoms with Crippen molar-refractivity contribution in [1.82, 2.24) is 0 Å². The second kappa shape index (κ2) is 6.78. The molecular formula is C14H20ClNO3. The summed E-state index contributed by atoms with van der Waals surface area (Å²) in [5.74, 6) is 0.0796. The number of carboxylic acids is 1. The lowest BCUT2D eigenvalue weighted by atomic mass is 9.96. The normalized spacial score (nSPS) is 12.5. The van der Waals surface area contributed by atoms with E-state index in [1.807, 2.05) is 19.9 Å². The summed E-state index contributed by atoms with van der Waals surface area (Å²) in [6, 6.07) is 3.26. The number of carbonyl (C=O) groups is 1. The zero-order valence-corrected chi connectivity index (χ0v) is 12.2. The number of hydrogen-bond acceptors (Lipinski definition) is 3. The van der Waals surface area contributed by atoms with Crippen molar-refractivity contribution in [2.45, 2.75) is 38.6 Å². The second-order valence-corrected chi connectivity index (χ2v) is 5.22. The molecule has 1 rings (SSSR count). The fourth-order valence-corrected chi connectivity index (χ4v) is 2.32. The molecule has 0 aliphatic carbocycles. The molecule has 3 N–H and O–H groups in total. The number of rotatable bonds is 6. The standard InChI is InChI=1S/C14H20ClNO3/c1-8(2)9-7-13(19-3)10(6-11(9)15)12(16)4-5-14(17)18/h6-8,12H,4-5,16H2,1-3H3,(H,17,18). The molecule has 0 bridgehead atoms. The van der Waals surface area contributed by atoms with Gasteiger partial charge in [-0.05, 0) is 30.0 Å². The van der Waals surface area contributed by atoms with Crippen molar-refractivity contribution < 1.29 is 14.6 Å². The van der Waals surface area contributed by atoms with Gasteiger partial charge < -0.3 is 15.6 Å². The van der Waals surface area contributed by atoms with Crippen LogP contribution in [0.5, 0.6) is 5.75 Å². The van der Waals surface area contributed by atoms with E-state index in [1.165, 1.54) is 0 Å². The van der Waals surface area contributed by atoms with Crippen molar-refractivity contribution in [3.8, 4) is 5.75 Å². The van der Waals surface area contributed by atoms with Gasteiger partial charge in [0.15, 0.2) is 0 Å². The minimum Gasteiger partial charge on any atom is -0.496 e. The minimum atomic E-state index is -0.862. The van der Waals surface area contributed by atoms with Crippen LogP contribution in [0.3, 0.4) is 0 Å². The first-order chi connectivity index (χ1) is 8.86. The number of nitrogens with two attached hydrogens (primary N) is 1. The van der Waals surface area contributed by atoms with Gasteiger partial charge in [-0.3, -0.25) is 4.79 Å². The Bertz CT molecular complexity index is 460. The van der Waals surface area contributed by atoms with Gasteiger partial charge in [-0.2, -0.15) is 0 Å². The average molecular weight is 286 g/mol. The predicted molar refractivity (Wildman–Crippen MR) is 75.9 cm³/mol. The van der Waals surface area contributed by atoms with Crippen LogP contribution in [0.4, 0.5) is 0 Å². The monoisotopic (exact) mass is 285 g/mol. The maximum atomic E-state index is 10.6. The molecule has 19 heavy (non-hydrogen) atoms. The predicted octanol–water partition coefficient (Wildman–Crippen LogP) is 3.34. The van der Waals surface area contributed by atoms with Crippen LogP contribution >= 0.6 is 11.6 Å². The summed E-state index contributed by atoms with van der Waals surface area (Å²) in [6.45, 7) is 4.09. The van der Waals surface area contributed by atoms with Crippen molar-refractivity contribution in [3.05, 3.63) is 28.3 Å². The van der Waals surface area contributed by atoms with E-state index in [1.54, 1.807) is 13.2 Å². The highest BCUT2D eigenvalue weighted by Crippen LogP contribution is 2.35. The third-order valence-electron chi connectivity index (χ3n) is 3.04. The first-order valence-corrected chi connectivity index (χ1v) is 6.59. The Kier molecular flexibility index (Phi) is 5.63. The molecule has 0 heterocycles. The van der Waals surface area contributed by atoms with Crippen molar-refractivity contribution in [2.75, 3.05) is 7.11 Å². The summed E-state index contributed by atoms with van der Waals surface area (Å²) in [5.41, 5.74) is 7.75. The summed E-state index contributed by atoms with van der Waals surface area (Å²) < 4.78 is 5.33. The van der Waals surface area contributed by atoms with Crippen molar-refractivity contribution in [1.29, 1.82) is 0 Å². The number of benzene rings is 1. The molecule has 0 aromatic heterocycles. The summed E-state index contributed by atoms with van der Waals surface area (Å²) in [7, 11) is 1.57. The first kappa shape index (κ1) is 15.8. The van der Waals surface area contributed by atoms with Crippen LogP contribution in [0.25, 0.3) is 0 Å². The van der Waals surface area contributed by atoms with Crippen LogP contribution in [-0.2, 0) is 4.79 Å². The van der Waals surface area contributed by atoms with E-state index in [4.69, 9.17) is 27.2 Å².